The second-order valence-corrected chi connectivity index (χ2v) is 6.59. The summed E-state index contributed by atoms with van der Waals surface area (Å²) in [7, 11) is 1.62. The van der Waals surface area contributed by atoms with Gasteiger partial charge in [0.15, 0.2) is 0 Å². The highest BCUT2D eigenvalue weighted by Gasteiger charge is 2.19. The van der Waals surface area contributed by atoms with Gasteiger partial charge < -0.3 is 19.8 Å². The van der Waals surface area contributed by atoms with Crippen molar-refractivity contribution in [3.05, 3.63) is 36.4 Å². The summed E-state index contributed by atoms with van der Waals surface area (Å²) in [5, 5.41) is 8.36. The highest BCUT2D eigenvalue weighted by atomic mass is 35.5. The number of methoxy groups -OCH3 is 1. The number of benzene rings is 2. The van der Waals surface area contributed by atoms with Crippen molar-refractivity contribution in [2.75, 3.05) is 25.5 Å². The minimum atomic E-state index is 0. The first-order valence-corrected chi connectivity index (χ1v) is 8.74. The van der Waals surface area contributed by atoms with Gasteiger partial charge in [-0.3, -0.25) is 4.79 Å². The Labute approximate surface area is 158 Å². The third-order valence-electron chi connectivity index (χ3n) is 4.91. The lowest BCUT2D eigenvalue weighted by Gasteiger charge is -2.22. The van der Waals surface area contributed by atoms with Crippen molar-refractivity contribution in [1.82, 2.24) is 5.32 Å². The largest absolute Gasteiger partial charge is 0.495 e. The summed E-state index contributed by atoms with van der Waals surface area (Å²) in [4.78, 5) is 12.4. The summed E-state index contributed by atoms with van der Waals surface area (Å²) in [6, 6.07) is 11.7. The molecule has 0 spiro atoms. The van der Waals surface area contributed by atoms with E-state index >= 15 is 0 Å². The van der Waals surface area contributed by atoms with E-state index in [1.165, 1.54) is 0 Å². The Hall–Kier alpha value is -2.24. The van der Waals surface area contributed by atoms with Crippen molar-refractivity contribution in [2.24, 2.45) is 5.92 Å². The number of halogens is 1. The molecule has 0 saturated carbocycles. The minimum absolute atomic E-state index is 0. The maximum atomic E-state index is 12.4. The van der Waals surface area contributed by atoms with E-state index in [4.69, 9.17) is 9.15 Å². The molecule has 5 nitrogen and oxygen atoms in total. The van der Waals surface area contributed by atoms with Gasteiger partial charge in [-0.1, -0.05) is 18.2 Å². The fraction of sp³-hybridized carbons (Fsp3) is 0.350. The molecule has 1 fully saturated rings. The molecule has 0 atom stereocenters. The smallest absolute Gasteiger partial charge is 0.224 e. The van der Waals surface area contributed by atoms with E-state index in [2.05, 4.69) is 10.6 Å². The predicted molar refractivity (Wildman–Crippen MR) is 106 cm³/mol. The fourth-order valence-electron chi connectivity index (χ4n) is 3.57. The van der Waals surface area contributed by atoms with Crippen LogP contribution < -0.4 is 15.4 Å². The SMILES string of the molecule is COc1cc2c(cc1NC(=O)CC1CCNCC1)oc1ccccc12.Cl. The molecule has 2 aromatic carbocycles. The minimum Gasteiger partial charge on any atom is -0.495 e. The summed E-state index contributed by atoms with van der Waals surface area (Å²) in [5.74, 6) is 1.13. The van der Waals surface area contributed by atoms with E-state index in [0.29, 0.717) is 23.8 Å². The van der Waals surface area contributed by atoms with E-state index in [1.54, 1.807) is 7.11 Å². The zero-order valence-electron chi connectivity index (χ0n) is 14.7. The Kier molecular flexibility index (Phi) is 5.69. The number of carbonyl (C=O) groups excluding carboxylic acids is 1. The molecule has 2 heterocycles. The van der Waals surface area contributed by atoms with Crippen molar-refractivity contribution >= 4 is 45.9 Å². The summed E-state index contributed by atoms with van der Waals surface area (Å²) < 4.78 is 11.4. The molecule has 0 bridgehead atoms. The molecule has 26 heavy (non-hydrogen) atoms. The third kappa shape index (κ3) is 3.64. The van der Waals surface area contributed by atoms with Crippen LogP contribution in [0, 0.1) is 5.92 Å². The molecule has 1 aromatic heterocycles. The Morgan fingerprint density at radius 3 is 2.73 bits per heavy atom. The van der Waals surface area contributed by atoms with Crippen molar-refractivity contribution < 1.29 is 13.9 Å². The lowest BCUT2D eigenvalue weighted by Crippen LogP contribution is -2.30. The number of hydrogen-bond acceptors (Lipinski definition) is 4. The predicted octanol–water partition coefficient (Wildman–Crippen LogP) is 4.34. The van der Waals surface area contributed by atoms with E-state index in [-0.39, 0.29) is 18.3 Å². The quantitative estimate of drug-likeness (QED) is 0.712. The van der Waals surface area contributed by atoms with E-state index in [1.807, 2.05) is 36.4 Å². The lowest BCUT2D eigenvalue weighted by molar-refractivity contribution is -0.117. The molecule has 138 valence electrons. The molecule has 1 amide bonds. The van der Waals surface area contributed by atoms with E-state index in [0.717, 1.165) is 47.9 Å². The van der Waals surface area contributed by atoms with Gasteiger partial charge in [0.25, 0.3) is 0 Å². The monoisotopic (exact) mass is 374 g/mol. The van der Waals surface area contributed by atoms with Crippen LogP contribution in [0.3, 0.4) is 0 Å². The van der Waals surface area contributed by atoms with Crippen LogP contribution in [0.4, 0.5) is 5.69 Å². The number of carbonyl (C=O) groups is 1. The first-order chi connectivity index (χ1) is 12.2. The highest BCUT2D eigenvalue weighted by Crippen LogP contribution is 2.36. The van der Waals surface area contributed by atoms with Crippen LogP contribution in [0.25, 0.3) is 21.9 Å². The number of piperidine rings is 1. The number of anilines is 1. The molecule has 2 N–H and O–H groups in total. The number of para-hydroxylation sites is 1. The Balaban J connectivity index is 0.00000196. The molecule has 1 aliphatic heterocycles. The number of nitrogens with one attached hydrogen (secondary N) is 2. The molecule has 0 radical (unpaired) electrons. The van der Waals surface area contributed by atoms with E-state index < -0.39 is 0 Å². The molecular formula is C20H23ClN2O3. The summed E-state index contributed by atoms with van der Waals surface area (Å²) in [6.07, 6.45) is 2.64. The zero-order valence-corrected chi connectivity index (χ0v) is 15.5. The van der Waals surface area contributed by atoms with Crippen LogP contribution >= 0.6 is 12.4 Å². The van der Waals surface area contributed by atoms with E-state index in [9.17, 15) is 4.79 Å². The van der Waals surface area contributed by atoms with Crippen molar-refractivity contribution in [3.8, 4) is 5.75 Å². The molecule has 1 aliphatic rings. The van der Waals surface area contributed by atoms with Crippen molar-refractivity contribution in [3.63, 3.8) is 0 Å². The topological polar surface area (TPSA) is 63.5 Å². The third-order valence-corrected chi connectivity index (χ3v) is 4.91. The summed E-state index contributed by atoms with van der Waals surface area (Å²) >= 11 is 0. The maximum absolute atomic E-state index is 12.4. The highest BCUT2D eigenvalue weighted by molar-refractivity contribution is 6.07. The average Bonchev–Trinajstić information content (AvgIpc) is 2.99. The van der Waals surface area contributed by atoms with Crippen LogP contribution in [-0.4, -0.2) is 26.1 Å². The van der Waals surface area contributed by atoms with Crippen LogP contribution in [0.5, 0.6) is 5.75 Å². The van der Waals surface area contributed by atoms with Crippen molar-refractivity contribution in [2.45, 2.75) is 19.3 Å². The van der Waals surface area contributed by atoms with Gasteiger partial charge in [0.05, 0.1) is 12.8 Å². The number of furan rings is 1. The van der Waals surface area contributed by atoms with Crippen LogP contribution in [0.1, 0.15) is 19.3 Å². The zero-order chi connectivity index (χ0) is 17.2. The van der Waals surface area contributed by atoms with Crippen LogP contribution in [0.15, 0.2) is 40.8 Å². The van der Waals surface area contributed by atoms with Crippen LogP contribution in [-0.2, 0) is 4.79 Å². The number of hydrogen-bond donors (Lipinski definition) is 2. The number of amides is 1. The van der Waals surface area contributed by atoms with Gasteiger partial charge in [-0.2, -0.15) is 0 Å². The summed E-state index contributed by atoms with van der Waals surface area (Å²) in [5.41, 5.74) is 2.24. The standard InChI is InChI=1S/C20H22N2O3.ClH/c1-24-19-11-15-14-4-2-3-5-17(14)25-18(15)12-16(19)22-20(23)10-13-6-8-21-9-7-13;/h2-5,11-13,21H,6-10H2,1H3,(H,22,23);1H. The maximum Gasteiger partial charge on any atom is 0.224 e. The van der Waals surface area contributed by atoms with Crippen LogP contribution in [0.2, 0.25) is 0 Å². The van der Waals surface area contributed by atoms with Gasteiger partial charge in [-0.25, -0.2) is 0 Å². The second-order valence-electron chi connectivity index (χ2n) is 6.59. The average molecular weight is 375 g/mol. The molecule has 6 heteroatoms. The van der Waals surface area contributed by atoms with Crippen molar-refractivity contribution in [1.29, 1.82) is 0 Å². The van der Waals surface area contributed by atoms with Gasteiger partial charge >= 0.3 is 0 Å². The molecule has 0 aliphatic carbocycles. The van der Waals surface area contributed by atoms with Gasteiger partial charge in [0.2, 0.25) is 5.91 Å². The van der Waals surface area contributed by atoms with Gasteiger partial charge in [0, 0.05) is 23.3 Å². The van der Waals surface area contributed by atoms with Gasteiger partial charge in [-0.05, 0) is 44.0 Å². The molecular weight excluding hydrogens is 352 g/mol. The first kappa shape index (κ1) is 18.5. The van der Waals surface area contributed by atoms with Gasteiger partial charge in [0.1, 0.15) is 16.9 Å². The summed E-state index contributed by atoms with van der Waals surface area (Å²) in [6.45, 7) is 1.98. The number of fused-ring (bicyclic) bond motifs is 3. The Morgan fingerprint density at radius 1 is 1.19 bits per heavy atom. The second kappa shape index (κ2) is 7.98. The number of rotatable bonds is 4. The Bertz CT molecular complexity index is 916. The lowest BCUT2D eigenvalue weighted by atomic mass is 9.94. The first-order valence-electron chi connectivity index (χ1n) is 8.74. The Morgan fingerprint density at radius 2 is 1.96 bits per heavy atom. The normalized spacial score (nSPS) is 15.0. The number of ether oxygens (including phenoxy) is 1. The molecule has 0 unspecified atom stereocenters. The molecule has 4 rings (SSSR count). The fourth-order valence-corrected chi connectivity index (χ4v) is 3.57. The molecule has 1 saturated heterocycles. The molecule has 3 aromatic rings. The van der Waals surface area contributed by atoms with Gasteiger partial charge in [-0.15, -0.1) is 12.4 Å².